The van der Waals surface area contributed by atoms with Gasteiger partial charge in [0.25, 0.3) is 0 Å². The molecule has 2 atom stereocenters. The maximum Gasteiger partial charge on any atom is 0.323 e. The lowest BCUT2D eigenvalue weighted by Crippen LogP contribution is -2.46. The summed E-state index contributed by atoms with van der Waals surface area (Å²) in [6, 6.07) is 0. The van der Waals surface area contributed by atoms with Crippen LogP contribution in [0, 0.1) is 5.92 Å². The monoisotopic (exact) mass is 245 g/mol. The van der Waals surface area contributed by atoms with Gasteiger partial charge in [0.05, 0.1) is 0 Å². The molecule has 1 fully saturated rings. The molecule has 16 heavy (non-hydrogen) atoms. The summed E-state index contributed by atoms with van der Waals surface area (Å²) in [5.74, 6) is 1.11. The molecular formula is C12H23NO2S. The van der Waals surface area contributed by atoms with Crippen LogP contribution in [0.1, 0.15) is 46.0 Å². The van der Waals surface area contributed by atoms with E-state index in [1.165, 1.54) is 25.7 Å². The molecule has 0 aromatic carbocycles. The summed E-state index contributed by atoms with van der Waals surface area (Å²) in [6.45, 7) is 3.68. The molecule has 3 nitrogen and oxygen atoms in total. The van der Waals surface area contributed by atoms with Gasteiger partial charge in [-0.3, -0.25) is 4.79 Å². The average molecular weight is 245 g/mol. The highest BCUT2D eigenvalue weighted by molar-refractivity contribution is 7.99. The molecule has 0 heterocycles. The van der Waals surface area contributed by atoms with Crippen molar-refractivity contribution in [2.24, 2.45) is 11.7 Å². The first-order valence-corrected chi connectivity index (χ1v) is 7.10. The normalized spacial score (nSPS) is 22.9. The van der Waals surface area contributed by atoms with Crippen LogP contribution >= 0.6 is 11.8 Å². The van der Waals surface area contributed by atoms with E-state index >= 15 is 0 Å². The number of carboxylic acid groups (broad SMARTS) is 1. The number of thioether (sulfide) groups is 1. The minimum absolute atomic E-state index is 0.326. The number of hydrogen-bond acceptors (Lipinski definition) is 3. The summed E-state index contributed by atoms with van der Waals surface area (Å²) < 4.78 is 0. The van der Waals surface area contributed by atoms with E-state index in [9.17, 15) is 4.79 Å². The minimum Gasteiger partial charge on any atom is -0.480 e. The number of hydrogen-bond donors (Lipinski definition) is 2. The Morgan fingerprint density at radius 1 is 1.56 bits per heavy atom. The van der Waals surface area contributed by atoms with E-state index in [0.29, 0.717) is 11.7 Å². The van der Waals surface area contributed by atoms with Crippen molar-refractivity contribution >= 4 is 17.7 Å². The van der Waals surface area contributed by atoms with Gasteiger partial charge in [-0.05, 0) is 37.9 Å². The smallest absolute Gasteiger partial charge is 0.323 e. The largest absolute Gasteiger partial charge is 0.480 e. The van der Waals surface area contributed by atoms with Crippen molar-refractivity contribution in [1.29, 1.82) is 0 Å². The Morgan fingerprint density at radius 3 is 2.62 bits per heavy atom. The molecule has 0 radical (unpaired) electrons. The summed E-state index contributed by atoms with van der Waals surface area (Å²) in [7, 11) is 0. The van der Waals surface area contributed by atoms with Crippen LogP contribution in [0.25, 0.3) is 0 Å². The quantitative estimate of drug-likeness (QED) is 0.754. The molecule has 0 aromatic heterocycles. The topological polar surface area (TPSA) is 63.3 Å². The average Bonchev–Trinajstić information content (AvgIpc) is 2.66. The first-order valence-electron chi connectivity index (χ1n) is 6.05. The highest BCUT2D eigenvalue weighted by atomic mass is 32.2. The zero-order chi connectivity index (χ0) is 12.2. The first kappa shape index (κ1) is 13.8. The zero-order valence-electron chi connectivity index (χ0n) is 10.2. The van der Waals surface area contributed by atoms with Gasteiger partial charge in [0.1, 0.15) is 5.54 Å². The third-order valence-corrected chi connectivity index (χ3v) is 4.69. The SMILES string of the molecule is CC(CC(C)(N)C(=O)O)SCC1CCCC1. The van der Waals surface area contributed by atoms with Gasteiger partial charge in [-0.15, -0.1) is 0 Å². The molecule has 0 aliphatic heterocycles. The number of nitrogens with two attached hydrogens (primary N) is 1. The number of rotatable bonds is 6. The van der Waals surface area contributed by atoms with Crippen LogP contribution in [0.15, 0.2) is 0 Å². The lowest BCUT2D eigenvalue weighted by Gasteiger charge is -2.23. The Balaban J connectivity index is 2.24. The van der Waals surface area contributed by atoms with E-state index in [2.05, 4.69) is 6.92 Å². The van der Waals surface area contributed by atoms with E-state index in [0.717, 1.165) is 11.7 Å². The van der Waals surface area contributed by atoms with Crippen LogP contribution in [0.2, 0.25) is 0 Å². The fourth-order valence-corrected chi connectivity index (χ4v) is 3.62. The molecule has 1 aliphatic rings. The Morgan fingerprint density at radius 2 is 2.12 bits per heavy atom. The van der Waals surface area contributed by atoms with Gasteiger partial charge in [0.15, 0.2) is 0 Å². The van der Waals surface area contributed by atoms with Crippen molar-refractivity contribution in [2.45, 2.75) is 56.7 Å². The van der Waals surface area contributed by atoms with E-state index in [1.807, 2.05) is 11.8 Å². The van der Waals surface area contributed by atoms with Gasteiger partial charge in [0, 0.05) is 5.25 Å². The highest BCUT2D eigenvalue weighted by Crippen LogP contribution is 2.30. The number of aliphatic carboxylic acids is 1. The number of carbonyl (C=O) groups is 1. The van der Waals surface area contributed by atoms with E-state index < -0.39 is 11.5 Å². The van der Waals surface area contributed by atoms with Gasteiger partial charge < -0.3 is 10.8 Å². The number of carboxylic acids is 1. The Labute approximate surface area is 102 Å². The second kappa shape index (κ2) is 5.92. The van der Waals surface area contributed by atoms with Crippen LogP contribution in [-0.4, -0.2) is 27.6 Å². The molecule has 4 heteroatoms. The second-order valence-electron chi connectivity index (χ2n) is 5.22. The second-order valence-corrected chi connectivity index (χ2v) is 6.69. The molecule has 94 valence electrons. The summed E-state index contributed by atoms with van der Waals surface area (Å²) in [6.07, 6.45) is 5.96. The van der Waals surface area contributed by atoms with Crippen molar-refractivity contribution in [2.75, 3.05) is 5.75 Å². The fourth-order valence-electron chi connectivity index (χ4n) is 2.22. The summed E-state index contributed by atoms with van der Waals surface area (Å²) in [5, 5.41) is 9.26. The fraction of sp³-hybridized carbons (Fsp3) is 0.917. The Kier molecular flexibility index (Phi) is 5.12. The highest BCUT2D eigenvalue weighted by Gasteiger charge is 2.30. The van der Waals surface area contributed by atoms with E-state index in [-0.39, 0.29) is 0 Å². The van der Waals surface area contributed by atoms with Crippen molar-refractivity contribution in [3.63, 3.8) is 0 Å². The van der Waals surface area contributed by atoms with Gasteiger partial charge in [0.2, 0.25) is 0 Å². The molecule has 0 bridgehead atoms. The first-order chi connectivity index (χ1) is 7.42. The standard InChI is InChI=1S/C12H23NO2S/c1-9(7-12(2,13)11(14)15)16-8-10-5-3-4-6-10/h9-10H,3-8,13H2,1-2H3,(H,14,15). The van der Waals surface area contributed by atoms with Crippen molar-refractivity contribution in [1.82, 2.24) is 0 Å². The zero-order valence-corrected chi connectivity index (χ0v) is 11.1. The summed E-state index contributed by atoms with van der Waals surface area (Å²) in [5.41, 5.74) is 4.65. The maximum absolute atomic E-state index is 10.9. The molecule has 1 rings (SSSR count). The lowest BCUT2D eigenvalue weighted by atomic mass is 9.98. The van der Waals surface area contributed by atoms with Crippen molar-refractivity contribution in [3.8, 4) is 0 Å². The third kappa shape index (κ3) is 4.34. The molecular weight excluding hydrogens is 222 g/mol. The predicted octanol–water partition coefficient (Wildman–Crippen LogP) is 2.49. The van der Waals surface area contributed by atoms with Crippen LogP contribution in [0.4, 0.5) is 0 Å². The minimum atomic E-state index is -1.08. The lowest BCUT2D eigenvalue weighted by molar-refractivity contribution is -0.142. The molecule has 0 saturated heterocycles. The Hall–Kier alpha value is -0.220. The Bertz CT molecular complexity index is 237. The van der Waals surface area contributed by atoms with Crippen molar-refractivity contribution < 1.29 is 9.90 Å². The van der Waals surface area contributed by atoms with Crippen LogP contribution in [-0.2, 0) is 4.79 Å². The molecule has 0 spiro atoms. The van der Waals surface area contributed by atoms with Gasteiger partial charge in [-0.2, -0.15) is 11.8 Å². The van der Waals surface area contributed by atoms with Gasteiger partial charge in [-0.1, -0.05) is 19.8 Å². The van der Waals surface area contributed by atoms with Gasteiger partial charge in [-0.25, -0.2) is 0 Å². The molecule has 3 N–H and O–H groups in total. The molecule has 0 aromatic rings. The van der Waals surface area contributed by atoms with E-state index in [1.54, 1.807) is 6.92 Å². The van der Waals surface area contributed by atoms with Crippen LogP contribution in [0.5, 0.6) is 0 Å². The molecule has 2 unspecified atom stereocenters. The summed E-state index contributed by atoms with van der Waals surface area (Å²) >= 11 is 1.87. The molecule has 1 saturated carbocycles. The summed E-state index contributed by atoms with van der Waals surface area (Å²) in [4.78, 5) is 10.9. The molecule has 0 amide bonds. The van der Waals surface area contributed by atoms with Crippen LogP contribution < -0.4 is 5.73 Å². The van der Waals surface area contributed by atoms with Gasteiger partial charge >= 0.3 is 5.97 Å². The van der Waals surface area contributed by atoms with E-state index in [4.69, 9.17) is 10.8 Å². The third-order valence-electron chi connectivity index (χ3n) is 3.29. The van der Waals surface area contributed by atoms with Crippen molar-refractivity contribution in [3.05, 3.63) is 0 Å². The maximum atomic E-state index is 10.9. The predicted molar refractivity (Wildman–Crippen MR) is 68.7 cm³/mol. The van der Waals surface area contributed by atoms with Crippen LogP contribution in [0.3, 0.4) is 0 Å². The molecule has 1 aliphatic carbocycles.